The van der Waals surface area contributed by atoms with E-state index < -0.39 is 12.3 Å². The van der Waals surface area contributed by atoms with Gasteiger partial charge < -0.3 is 10.1 Å². The third-order valence-electron chi connectivity index (χ3n) is 4.85. The molecule has 0 amide bonds. The van der Waals surface area contributed by atoms with Gasteiger partial charge in [-0.15, -0.1) is 10.2 Å². The maximum atomic E-state index is 14.2. The Hall–Kier alpha value is -3.06. The first-order valence-corrected chi connectivity index (χ1v) is 9.01. The Morgan fingerprint density at radius 1 is 1.07 bits per heavy atom. The van der Waals surface area contributed by atoms with Crippen LogP contribution in [0.2, 0.25) is 0 Å². The number of alkyl halides is 1. The molecule has 4 aromatic rings. The van der Waals surface area contributed by atoms with Gasteiger partial charge in [0.15, 0.2) is 11.5 Å². The van der Waals surface area contributed by atoms with Crippen molar-refractivity contribution in [3.63, 3.8) is 0 Å². The molecule has 0 saturated carbocycles. The van der Waals surface area contributed by atoms with Crippen LogP contribution in [0.15, 0.2) is 54.7 Å². The third kappa shape index (κ3) is 2.90. The summed E-state index contributed by atoms with van der Waals surface area (Å²) in [5.41, 5.74) is 2.15. The van der Waals surface area contributed by atoms with E-state index in [1.165, 1.54) is 0 Å². The smallest absolute Gasteiger partial charge is 0.187 e. The van der Waals surface area contributed by atoms with Gasteiger partial charge in [-0.25, -0.2) is 9.37 Å². The number of hydrogen-bond donors (Lipinski definition) is 1. The maximum absolute atomic E-state index is 14.2. The van der Waals surface area contributed by atoms with Gasteiger partial charge in [-0.2, -0.15) is 0 Å². The average molecular weight is 363 g/mol. The Bertz CT molecular complexity index is 1110. The molecule has 0 bridgehead atoms. The van der Waals surface area contributed by atoms with Gasteiger partial charge in [0.05, 0.1) is 0 Å². The van der Waals surface area contributed by atoms with Crippen molar-refractivity contribution < 1.29 is 9.13 Å². The highest BCUT2D eigenvalue weighted by molar-refractivity contribution is 5.86. The number of fused-ring (bicyclic) bond motifs is 2. The summed E-state index contributed by atoms with van der Waals surface area (Å²) in [5, 5.41) is 12.4. The summed E-state index contributed by atoms with van der Waals surface area (Å²) >= 11 is 0. The first-order chi connectivity index (χ1) is 13.3. The standard InChI is InChI=1S/C20H18FN5O/c21-14-12-22-10-9-16(14)27-17-5-3-4-13-7-8-15(23-19(13)17)20-25-24-18-6-1-2-11-26(18)20/h1-8,11,14,16,22H,9-10,12H2/t14-,16+/m1/s1. The summed E-state index contributed by atoms with van der Waals surface area (Å²) in [5.74, 6) is 1.25. The molecule has 1 aliphatic heterocycles. The van der Waals surface area contributed by atoms with Gasteiger partial charge in [0.1, 0.15) is 29.2 Å². The first kappa shape index (κ1) is 16.1. The van der Waals surface area contributed by atoms with E-state index in [1.807, 2.05) is 59.1 Å². The zero-order valence-electron chi connectivity index (χ0n) is 14.5. The molecule has 0 aliphatic carbocycles. The number of nitrogens with one attached hydrogen (secondary N) is 1. The Balaban J connectivity index is 1.58. The monoisotopic (exact) mass is 363 g/mol. The highest BCUT2D eigenvalue weighted by Gasteiger charge is 2.27. The van der Waals surface area contributed by atoms with Crippen molar-refractivity contribution in [2.75, 3.05) is 13.1 Å². The number of ether oxygens (including phenoxy) is 1. The predicted octanol–water partition coefficient (Wildman–Crippen LogP) is 3.02. The summed E-state index contributed by atoms with van der Waals surface area (Å²) in [4.78, 5) is 4.77. The minimum Gasteiger partial charge on any atom is -0.485 e. The maximum Gasteiger partial charge on any atom is 0.187 e. The highest BCUT2D eigenvalue weighted by Crippen LogP contribution is 2.29. The quantitative estimate of drug-likeness (QED) is 0.606. The summed E-state index contributed by atoms with van der Waals surface area (Å²) in [7, 11) is 0. The molecule has 4 heterocycles. The molecule has 1 aromatic carbocycles. The molecule has 5 rings (SSSR count). The van der Waals surface area contributed by atoms with Crippen LogP contribution in [0.4, 0.5) is 4.39 Å². The number of hydrogen-bond acceptors (Lipinski definition) is 5. The summed E-state index contributed by atoms with van der Waals surface area (Å²) < 4.78 is 22.1. The van der Waals surface area contributed by atoms with Gasteiger partial charge in [0.25, 0.3) is 0 Å². The summed E-state index contributed by atoms with van der Waals surface area (Å²) in [6, 6.07) is 15.3. The van der Waals surface area contributed by atoms with Gasteiger partial charge in [-0.1, -0.05) is 24.3 Å². The van der Waals surface area contributed by atoms with Gasteiger partial charge in [0.2, 0.25) is 0 Å². The van der Waals surface area contributed by atoms with Crippen LogP contribution in [0, 0.1) is 0 Å². The number of piperidine rings is 1. The molecular formula is C20H18FN5O. The molecule has 3 aromatic heterocycles. The van der Waals surface area contributed by atoms with Crippen LogP contribution in [-0.2, 0) is 0 Å². The number of rotatable bonds is 3. The SMILES string of the molecule is F[C@@H]1CNCC[C@@H]1Oc1cccc2ccc(-c3nnc4ccccn34)nc12. The van der Waals surface area contributed by atoms with E-state index in [1.54, 1.807) is 0 Å². The van der Waals surface area contributed by atoms with Gasteiger partial charge in [0, 0.05) is 18.1 Å². The van der Waals surface area contributed by atoms with Crippen molar-refractivity contribution in [2.24, 2.45) is 0 Å². The zero-order chi connectivity index (χ0) is 18.2. The Morgan fingerprint density at radius 3 is 2.96 bits per heavy atom. The van der Waals surface area contributed by atoms with Crippen LogP contribution in [0.1, 0.15) is 6.42 Å². The Morgan fingerprint density at radius 2 is 2.04 bits per heavy atom. The lowest BCUT2D eigenvalue weighted by atomic mass is 10.1. The molecule has 0 spiro atoms. The van der Waals surface area contributed by atoms with E-state index in [2.05, 4.69) is 15.5 Å². The number of nitrogens with zero attached hydrogens (tertiary/aromatic N) is 4. The molecule has 1 aliphatic rings. The molecular weight excluding hydrogens is 345 g/mol. The molecule has 6 nitrogen and oxygen atoms in total. The fourth-order valence-corrected chi connectivity index (χ4v) is 3.45. The number of halogens is 1. The molecule has 1 fully saturated rings. The third-order valence-corrected chi connectivity index (χ3v) is 4.85. The fraction of sp³-hybridized carbons (Fsp3) is 0.250. The lowest BCUT2D eigenvalue weighted by molar-refractivity contribution is 0.0742. The summed E-state index contributed by atoms with van der Waals surface area (Å²) in [6.07, 6.45) is 1.04. The van der Waals surface area contributed by atoms with Crippen molar-refractivity contribution in [1.29, 1.82) is 0 Å². The van der Waals surface area contributed by atoms with Crippen molar-refractivity contribution in [1.82, 2.24) is 24.9 Å². The lowest BCUT2D eigenvalue weighted by Gasteiger charge is -2.27. The van der Waals surface area contributed by atoms with E-state index in [0.29, 0.717) is 35.8 Å². The van der Waals surface area contributed by atoms with E-state index in [4.69, 9.17) is 9.72 Å². The normalized spacial score (nSPS) is 20.2. The van der Waals surface area contributed by atoms with Gasteiger partial charge in [-0.05, 0) is 37.2 Å². The second-order valence-electron chi connectivity index (χ2n) is 6.64. The van der Waals surface area contributed by atoms with Crippen LogP contribution in [0.5, 0.6) is 5.75 Å². The highest BCUT2D eigenvalue weighted by atomic mass is 19.1. The summed E-state index contributed by atoms with van der Waals surface area (Å²) in [6.45, 7) is 1.07. The number of para-hydroxylation sites is 1. The molecule has 7 heteroatoms. The Labute approximate surface area is 155 Å². The topological polar surface area (TPSA) is 64.3 Å². The number of pyridine rings is 2. The van der Waals surface area contributed by atoms with Gasteiger partial charge >= 0.3 is 0 Å². The van der Waals surface area contributed by atoms with E-state index in [-0.39, 0.29) is 0 Å². The molecule has 136 valence electrons. The van der Waals surface area contributed by atoms with Crippen LogP contribution < -0.4 is 10.1 Å². The molecule has 27 heavy (non-hydrogen) atoms. The van der Waals surface area contributed by atoms with Crippen LogP contribution in [0.25, 0.3) is 28.1 Å². The zero-order valence-corrected chi connectivity index (χ0v) is 14.5. The molecule has 1 saturated heterocycles. The van der Waals surface area contributed by atoms with E-state index in [9.17, 15) is 4.39 Å². The van der Waals surface area contributed by atoms with Crippen LogP contribution in [-0.4, -0.2) is 44.9 Å². The van der Waals surface area contributed by atoms with Crippen molar-refractivity contribution in [3.8, 4) is 17.3 Å². The second-order valence-corrected chi connectivity index (χ2v) is 6.64. The second kappa shape index (κ2) is 6.59. The largest absolute Gasteiger partial charge is 0.485 e. The van der Waals surface area contributed by atoms with Crippen molar-refractivity contribution in [2.45, 2.75) is 18.7 Å². The first-order valence-electron chi connectivity index (χ1n) is 9.01. The number of aromatic nitrogens is 4. The lowest BCUT2D eigenvalue weighted by Crippen LogP contribution is -2.44. The molecule has 0 radical (unpaired) electrons. The minimum absolute atomic E-state index is 0.319. The van der Waals surface area contributed by atoms with E-state index in [0.717, 1.165) is 17.6 Å². The van der Waals surface area contributed by atoms with Crippen molar-refractivity contribution >= 4 is 16.6 Å². The van der Waals surface area contributed by atoms with Gasteiger partial charge in [-0.3, -0.25) is 4.40 Å². The molecule has 2 atom stereocenters. The van der Waals surface area contributed by atoms with Crippen molar-refractivity contribution in [3.05, 3.63) is 54.7 Å². The van der Waals surface area contributed by atoms with Crippen LogP contribution >= 0.6 is 0 Å². The van der Waals surface area contributed by atoms with Crippen LogP contribution in [0.3, 0.4) is 0 Å². The predicted molar refractivity (Wildman–Crippen MR) is 101 cm³/mol. The minimum atomic E-state index is -1.03. The van der Waals surface area contributed by atoms with E-state index >= 15 is 0 Å². The number of benzene rings is 1. The molecule has 0 unspecified atom stereocenters. The Kier molecular flexibility index (Phi) is 3.94. The fourth-order valence-electron chi connectivity index (χ4n) is 3.45. The average Bonchev–Trinajstić information content (AvgIpc) is 3.14. The molecule has 1 N–H and O–H groups in total.